The van der Waals surface area contributed by atoms with Crippen molar-refractivity contribution in [3.8, 4) is 0 Å². The number of carboxylic acid groups (broad SMARTS) is 1. The lowest BCUT2D eigenvalue weighted by Gasteiger charge is -2.02. The zero-order valence-electron chi connectivity index (χ0n) is 8.29. The number of rotatable bonds is 7. The molecule has 9 heteroatoms. The number of carbonyl (C=O) groups is 2. The third-order valence-corrected chi connectivity index (χ3v) is 1.52. The van der Waals surface area contributed by atoms with Gasteiger partial charge in [-0.05, 0) is 0 Å². The second-order valence-corrected chi connectivity index (χ2v) is 2.82. The van der Waals surface area contributed by atoms with Crippen LogP contribution in [0.3, 0.4) is 0 Å². The lowest BCUT2D eigenvalue weighted by Crippen LogP contribution is -2.27. The number of amides is 1. The van der Waals surface area contributed by atoms with Gasteiger partial charge in [-0.15, -0.1) is 5.10 Å². The smallest absolute Gasteiger partial charge is 0.358 e. The van der Waals surface area contributed by atoms with Crippen LogP contribution in [-0.4, -0.2) is 45.1 Å². The van der Waals surface area contributed by atoms with E-state index in [0.29, 0.717) is 13.1 Å². The molecular weight excluding hydrogens is 218 g/mol. The molecule has 1 heterocycles. The molecule has 0 saturated carbocycles. The summed E-state index contributed by atoms with van der Waals surface area (Å²) in [5, 5.41) is 15.5. The van der Waals surface area contributed by atoms with E-state index in [4.69, 9.17) is 10.8 Å². The monoisotopic (exact) mass is 229 g/mol. The molecule has 1 aromatic rings. The molecule has 0 bridgehead atoms. The Kier molecular flexibility index (Phi) is 4.36. The average molecular weight is 229 g/mol. The highest BCUT2D eigenvalue weighted by Crippen LogP contribution is 1.91. The van der Waals surface area contributed by atoms with Gasteiger partial charge in [-0.25, -0.2) is 10.3 Å². The number of nitrogens with zero attached hydrogens (tertiary/aromatic N) is 3. The van der Waals surface area contributed by atoms with E-state index in [9.17, 15) is 9.59 Å². The zero-order chi connectivity index (χ0) is 12.0. The highest BCUT2D eigenvalue weighted by Gasteiger charge is 2.07. The van der Waals surface area contributed by atoms with Crippen LogP contribution in [0.2, 0.25) is 0 Å². The number of nitrogens with one attached hydrogen (secondary N) is 1. The van der Waals surface area contributed by atoms with E-state index in [-0.39, 0.29) is 12.3 Å². The molecular formula is C7H11N5O4. The van der Waals surface area contributed by atoms with E-state index in [0.717, 1.165) is 0 Å². The standard InChI is InChI=1S/C7H11N5O4/c8-6(13)4-16-9-1-2-12-3-5(7(14)15)10-11-12/h3,9H,1-2,4H2,(H2,8,13)(H,14,15). The molecule has 1 amide bonds. The highest BCUT2D eigenvalue weighted by molar-refractivity contribution is 5.84. The molecule has 0 spiro atoms. The van der Waals surface area contributed by atoms with Crippen molar-refractivity contribution in [2.75, 3.05) is 13.2 Å². The van der Waals surface area contributed by atoms with Crippen molar-refractivity contribution >= 4 is 11.9 Å². The number of aromatic carboxylic acids is 1. The molecule has 0 aliphatic rings. The van der Waals surface area contributed by atoms with Gasteiger partial charge in [-0.3, -0.25) is 14.3 Å². The summed E-state index contributed by atoms with van der Waals surface area (Å²) in [5.74, 6) is -1.72. The van der Waals surface area contributed by atoms with Gasteiger partial charge < -0.3 is 10.8 Å². The van der Waals surface area contributed by atoms with Gasteiger partial charge in [0.25, 0.3) is 0 Å². The van der Waals surface area contributed by atoms with Crippen LogP contribution in [0, 0.1) is 0 Å². The van der Waals surface area contributed by atoms with Crippen molar-refractivity contribution in [3.63, 3.8) is 0 Å². The summed E-state index contributed by atoms with van der Waals surface area (Å²) in [4.78, 5) is 25.4. The van der Waals surface area contributed by atoms with Crippen LogP contribution >= 0.6 is 0 Å². The Bertz CT molecular complexity index is 377. The van der Waals surface area contributed by atoms with Crippen LogP contribution in [-0.2, 0) is 16.2 Å². The predicted molar refractivity (Wildman–Crippen MR) is 50.1 cm³/mol. The van der Waals surface area contributed by atoms with Crippen molar-refractivity contribution in [1.29, 1.82) is 0 Å². The zero-order valence-corrected chi connectivity index (χ0v) is 8.29. The predicted octanol–water partition coefficient (Wildman–Crippen LogP) is -2.02. The van der Waals surface area contributed by atoms with Crippen LogP contribution in [0.5, 0.6) is 0 Å². The van der Waals surface area contributed by atoms with Crippen LogP contribution in [0.1, 0.15) is 10.5 Å². The topological polar surface area (TPSA) is 132 Å². The van der Waals surface area contributed by atoms with Gasteiger partial charge in [0, 0.05) is 6.54 Å². The lowest BCUT2D eigenvalue weighted by molar-refractivity contribution is -0.125. The molecule has 88 valence electrons. The molecule has 1 aromatic heterocycles. The van der Waals surface area contributed by atoms with E-state index in [1.54, 1.807) is 0 Å². The third kappa shape index (κ3) is 4.02. The lowest BCUT2D eigenvalue weighted by atomic mass is 10.5. The molecule has 9 nitrogen and oxygen atoms in total. The molecule has 0 aliphatic carbocycles. The van der Waals surface area contributed by atoms with Crippen LogP contribution < -0.4 is 11.2 Å². The highest BCUT2D eigenvalue weighted by atomic mass is 16.6. The molecule has 0 aliphatic heterocycles. The Labute approximate surface area is 90.1 Å². The summed E-state index contributed by atoms with van der Waals surface area (Å²) >= 11 is 0. The first-order chi connectivity index (χ1) is 7.59. The molecule has 4 N–H and O–H groups in total. The number of nitrogens with two attached hydrogens (primary N) is 1. The van der Waals surface area contributed by atoms with Gasteiger partial charge in [-0.2, -0.15) is 0 Å². The minimum absolute atomic E-state index is 0.127. The van der Waals surface area contributed by atoms with Crippen molar-refractivity contribution in [3.05, 3.63) is 11.9 Å². The Morgan fingerprint density at radius 2 is 2.38 bits per heavy atom. The first-order valence-corrected chi connectivity index (χ1v) is 4.36. The Morgan fingerprint density at radius 1 is 1.62 bits per heavy atom. The SMILES string of the molecule is NC(=O)CONCCn1cc(C(=O)O)nn1. The van der Waals surface area contributed by atoms with Crippen molar-refractivity contribution in [1.82, 2.24) is 20.5 Å². The normalized spacial score (nSPS) is 10.2. The van der Waals surface area contributed by atoms with Gasteiger partial charge >= 0.3 is 5.97 Å². The molecule has 0 atom stereocenters. The largest absolute Gasteiger partial charge is 0.476 e. The Balaban J connectivity index is 2.21. The maximum absolute atomic E-state index is 10.5. The summed E-state index contributed by atoms with van der Waals surface area (Å²) in [6, 6.07) is 0. The molecule has 0 fully saturated rings. The van der Waals surface area contributed by atoms with Gasteiger partial charge in [-0.1, -0.05) is 5.21 Å². The minimum atomic E-state index is -1.14. The Hall–Kier alpha value is -2.00. The summed E-state index contributed by atoms with van der Waals surface area (Å²) < 4.78 is 1.34. The van der Waals surface area contributed by atoms with E-state index in [2.05, 4.69) is 20.6 Å². The van der Waals surface area contributed by atoms with Crippen LogP contribution in [0.15, 0.2) is 6.20 Å². The minimum Gasteiger partial charge on any atom is -0.476 e. The molecule has 0 aromatic carbocycles. The first kappa shape index (κ1) is 12.1. The van der Waals surface area contributed by atoms with E-state index < -0.39 is 11.9 Å². The van der Waals surface area contributed by atoms with Gasteiger partial charge in [0.15, 0.2) is 5.69 Å². The number of carboxylic acids is 1. The number of primary amides is 1. The number of hydrogen-bond acceptors (Lipinski definition) is 6. The summed E-state index contributed by atoms with van der Waals surface area (Å²) in [6.07, 6.45) is 1.29. The third-order valence-electron chi connectivity index (χ3n) is 1.52. The van der Waals surface area contributed by atoms with Crippen molar-refractivity contribution in [2.45, 2.75) is 6.54 Å². The summed E-state index contributed by atoms with van der Waals surface area (Å²) in [6.45, 7) is 0.479. The number of aromatic nitrogens is 3. The van der Waals surface area contributed by atoms with E-state index >= 15 is 0 Å². The molecule has 0 unspecified atom stereocenters. The number of carbonyl (C=O) groups excluding carboxylic acids is 1. The van der Waals surface area contributed by atoms with Gasteiger partial charge in [0.1, 0.15) is 6.61 Å². The average Bonchev–Trinajstić information content (AvgIpc) is 2.65. The quantitative estimate of drug-likeness (QED) is 0.363. The summed E-state index contributed by atoms with van der Waals surface area (Å²) in [7, 11) is 0. The number of hydrogen-bond donors (Lipinski definition) is 3. The van der Waals surface area contributed by atoms with E-state index in [1.165, 1.54) is 10.9 Å². The van der Waals surface area contributed by atoms with Gasteiger partial charge in [0.2, 0.25) is 5.91 Å². The van der Waals surface area contributed by atoms with Gasteiger partial charge in [0.05, 0.1) is 12.7 Å². The van der Waals surface area contributed by atoms with Crippen LogP contribution in [0.25, 0.3) is 0 Å². The fourth-order valence-corrected chi connectivity index (χ4v) is 0.860. The molecule has 0 saturated heterocycles. The fraction of sp³-hybridized carbons (Fsp3) is 0.429. The first-order valence-electron chi connectivity index (χ1n) is 4.36. The maximum Gasteiger partial charge on any atom is 0.358 e. The second kappa shape index (κ2) is 5.78. The molecule has 0 radical (unpaired) electrons. The van der Waals surface area contributed by atoms with Crippen molar-refractivity contribution < 1.29 is 19.5 Å². The second-order valence-electron chi connectivity index (χ2n) is 2.82. The van der Waals surface area contributed by atoms with E-state index in [1.807, 2.05) is 0 Å². The number of hydroxylamine groups is 1. The molecule has 1 rings (SSSR count). The van der Waals surface area contributed by atoms with Crippen molar-refractivity contribution in [2.24, 2.45) is 5.73 Å². The fourth-order valence-electron chi connectivity index (χ4n) is 0.860. The maximum atomic E-state index is 10.5. The van der Waals surface area contributed by atoms with Crippen LogP contribution in [0.4, 0.5) is 0 Å². The Morgan fingerprint density at radius 3 is 2.94 bits per heavy atom. The summed E-state index contributed by atoms with van der Waals surface area (Å²) in [5.41, 5.74) is 7.17. The molecule has 16 heavy (non-hydrogen) atoms.